The maximum Gasteiger partial charge on any atom is 0.137 e. The fourth-order valence-corrected chi connectivity index (χ4v) is 10.6. The van der Waals surface area contributed by atoms with Gasteiger partial charge in [0, 0.05) is 79.8 Å². The molecule has 0 radical (unpaired) electrons. The summed E-state index contributed by atoms with van der Waals surface area (Å²) in [5, 5.41) is 8.41. The van der Waals surface area contributed by atoms with Gasteiger partial charge in [-0.1, -0.05) is 66.7 Å². The first-order chi connectivity index (χ1) is 24.2. The van der Waals surface area contributed by atoms with Crippen LogP contribution in [0.5, 0.6) is 0 Å². The normalized spacial score (nSPS) is 12.1. The van der Waals surface area contributed by atoms with Gasteiger partial charge in [0.1, 0.15) is 16.2 Å². The summed E-state index contributed by atoms with van der Waals surface area (Å²) in [6.07, 6.45) is 0. The summed E-state index contributed by atoms with van der Waals surface area (Å²) in [6.45, 7) is 0. The summed E-state index contributed by atoms with van der Waals surface area (Å²) in [6, 6.07) is 52.3. The van der Waals surface area contributed by atoms with E-state index in [0.29, 0.717) is 0 Å². The Labute approximate surface area is 292 Å². The summed E-state index contributed by atoms with van der Waals surface area (Å²) in [7, 11) is 0. The van der Waals surface area contributed by atoms with Crippen LogP contribution in [-0.4, -0.2) is 4.98 Å². The molecule has 230 valence electrons. The molecular weight excluding hydrogens is 657 g/mol. The van der Waals surface area contributed by atoms with Crippen LogP contribution in [0.15, 0.2) is 150 Å². The third-order valence-corrected chi connectivity index (χ3v) is 12.9. The van der Waals surface area contributed by atoms with Gasteiger partial charge in [0.15, 0.2) is 0 Å². The van der Waals surface area contributed by atoms with Gasteiger partial charge >= 0.3 is 0 Å². The van der Waals surface area contributed by atoms with Crippen molar-refractivity contribution in [1.82, 2.24) is 4.98 Å². The number of anilines is 3. The average molecular weight is 681 g/mol. The molecule has 0 fully saturated rings. The lowest BCUT2D eigenvalue weighted by Gasteiger charge is -2.26. The van der Waals surface area contributed by atoms with E-state index in [0.717, 1.165) is 55.1 Å². The lowest BCUT2D eigenvalue weighted by Crippen LogP contribution is -2.09. The van der Waals surface area contributed by atoms with Crippen LogP contribution in [0.2, 0.25) is 0 Å². The highest BCUT2D eigenvalue weighted by atomic mass is 32.1. The van der Waals surface area contributed by atoms with Gasteiger partial charge in [-0.3, -0.25) is 0 Å². The maximum absolute atomic E-state index is 6.40. The third kappa shape index (κ3) is 4.21. The van der Waals surface area contributed by atoms with Gasteiger partial charge in [-0.15, -0.1) is 34.0 Å². The van der Waals surface area contributed by atoms with Crippen molar-refractivity contribution in [2.75, 3.05) is 4.90 Å². The number of thiazole rings is 1. The van der Waals surface area contributed by atoms with Gasteiger partial charge in [0.05, 0.1) is 10.2 Å². The molecule has 0 N–H and O–H groups in total. The highest BCUT2D eigenvalue weighted by Crippen LogP contribution is 2.46. The molecule has 0 spiro atoms. The number of rotatable bonds is 4. The van der Waals surface area contributed by atoms with E-state index in [9.17, 15) is 0 Å². The van der Waals surface area contributed by atoms with Crippen molar-refractivity contribution in [3.05, 3.63) is 146 Å². The molecule has 11 aromatic rings. The first-order valence-corrected chi connectivity index (χ1v) is 18.6. The predicted octanol–water partition coefficient (Wildman–Crippen LogP) is 14.1. The molecule has 49 heavy (non-hydrogen) atoms. The van der Waals surface area contributed by atoms with Crippen LogP contribution in [0, 0.1) is 0 Å². The second kappa shape index (κ2) is 10.5. The largest absolute Gasteiger partial charge is 0.456 e. The quantitative estimate of drug-likeness (QED) is 0.185. The molecule has 0 bridgehead atoms. The van der Waals surface area contributed by atoms with Crippen LogP contribution >= 0.6 is 34.0 Å². The molecule has 0 aliphatic carbocycles. The van der Waals surface area contributed by atoms with Crippen LogP contribution in [0.1, 0.15) is 0 Å². The minimum atomic E-state index is 0.882. The van der Waals surface area contributed by atoms with Crippen molar-refractivity contribution in [1.29, 1.82) is 0 Å². The number of hydrogen-bond donors (Lipinski definition) is 0. The molecule has 11 rings (SSSR count). The monoisotopic (exact) mass is 680 g/mol. The topological polar surface area (TPSA) is 29.3 Å². The third-order valence-electron chi connectivity index (χ3n) is 9.49. The smallest absolute Gasteiger partial charge is 0.137 e. The molecule has 7 aromatic carbocycles. The van der Waals surface area contributed by atoms with E-state index in [-0.39, 0.29) is 0 Å². The number of nitrogens with zero attached hydrogens (tertiary/aromatic N) is 2. The minimum absolute atomic E-state index is 0.882. The second-order valence-electron chi connectivity index (χ2n) is 12.3. The molecule has 0 unspecified atom stereocenters. The number of fused-ring (bicyclic) bond motifs is 11. The molecule has 0 aliphatic heterocycles. The van der Waals surface area contributed by atoms with Gasteiger partial charge in [-0.2, -0.15) is 0 Å². The van der Waals surface area contributed by atoms with Gasteiger partial charge in [-0.25, -0.2) is 4.98 Å². The fourth-order valence-electron chi connectivity index (χ4n) is 7.23. The van der Waals surface area contributed by atoms with Crippen molar-refractivity contribution in [3.63, 3.8) is 0 Å². The number of furan rings is 1. The Morgan fingerprint density at radius 2 is 1.08 bits per heavy atom. The van der Waals surface area contributed by atoms with Crippen molar-refractivity contribution in [2.45, 2.75) is 0 Å². The lowest BCUT2D eigenvalue weighted by atomic mass is 10.1. The molecule has 4 aromatic heterocycles. The Hall–Kier alpha value is -5.53. The van der Waals surface area contributed by atoms with Crippen LogP contribution < -0.4 is 4.90 Å². The Balaban J connectivity index is 1.16. The molecule has 0 amide bonds. The summed E-state index contributed by atoms with van der Waals surface area (Å²) in [5.74, 6) is 0. The Bertz CT molecular complexity index is 3070. The lowest BCUT2D eigenvalue weighted by molar-refractivity contribution is 0.669. The minimum Gasteiger partial charge on any atom is -0.456 e. The van der Waals surface area contributed by atoms with Gasteiger partial charge in [-0.05, 0) is 72.8 Å². The molecule has 3 nitrogen and oxygen atoms in total. The second-order valence-corrected chi connectivity index (χ2v) is 15.5. The Kier molecular flexibility index (Phi) is 5.87. The molecule has 0 aliphatic rings. The van der Waals surface area contributed by atoms with Gasteiger partial charge in [0.2, 0.25) is 0 Å². The molecule has 0 atom stereocenters. The highest BCUT2D eigenvalue weighted by molar-refractivity contribution is 7.28. The van der Waals surface area contributed by atoms with Crippen molar-refractivity contribution in [2.24, 2.45) is 0 Å². The summed E-state index contributed by atoms with van der Waals surface area (Å²) in [4.78, 5) is 7.45. The van der Waals surface area contributed by atoms with Crippen molar-refractivity contribution in [3.8, 4) is 10.6 Å². The standard InChI is InChI=1S/C43H24N2OS3/c1-2-8-25(9-3-1)43-44-34-18-21-40-41(42(34)49-43)33-23-27(16-20-39(33)48-40)45(26-15-19-38-32(22-26)31-11-5-7-13-37(31)47-38)28-14-17-30-29-10-4-6-12-35(29)46-36(30)24-28/h1-24H. The number of aromatic nitrogens is 1. The van der Waals surface area contributed by atoms with Crippen LogP contribution in [0.3, 0.4) is 0 Å². The van der Waals surface area contributed by atoms with E-state index in [2.05, 4.69) is 138 Å². The van der Waals surface area contributed by atoms with Crippen LogP contribution in [-0.2, 0) is 0 Å². The number of benzene rings is 7. The summed E-state index contributed by atoms with van der Waals surface area (Å²) >= 11 is 5.48. The van der Waals surface area contributed by atoms with Gasteiger partial charge < -0.3 is 9.32 Å². The number of thiophene rings is 2. The average Bonchev–Trinajstić information content (AvgIpc) is 3.92. The molecular formula is C43H24N2OS3. The molecule has 0 saturated carbocycles. The fraction of sp³-hybridized carbons (Fsp3) is 0. The van der Waals surface area contributed by atoms with E-state index in [1.54, 1.807) is 11.3 Å². The molecule has 0 saturated heterocycles. The first kappa shape index (κ1) is 27.4. The summed E-state index contributed by atoms with van der Waals surface area (Å²) in [5.41, 5.74) is 7.25. The van der Waals surface area contributed by atoms with E-state index in [1.165, 1.54) is 45.0 Å². The van der Waals surface area contributed by atoms with E-state index in [4.69, 9.17) is 9.40 Å². The van der Waals surface area contributed by atoms with Crippen molar-refractivity contribution < 1.29 is 4.42 Å². The zero-order valence-corrected chi connectivity index (χ0v) is 28.3. The van der Waals surface area contributed by atoms with E-state index < -0.39 is 0 Å². The maximum atomic E-state index is 6.40. The Morgan fingerprint density at radius 3 is 1.96 bits per heavy atom. The zero-order chi connectivity index (χ0) is 32.1. The molecule has 6 heteroatoms. The first-order valence-electron chi connectivity index (χ1n) is 16.2. The van der Waals surface area contributed by atoms with Gasteiger partial charge in [0.25, 0.3) is 0 Å². The van der Waals surface area contributed by atoms with Crippen LogP contribution in [0.4, 0.5) is 17.1 Å². The molecule has 4 heterocycles. The number of hydrogen-bond acceptors (Lipinski definition) is 6. The predicted molar refractivity (Wildman–Crippen MR) is 213 cm³/mol. The van der Waals surface area contributed by atoms with E-state index in [1.807, 2.05) is 34.8 Å². The van der Waals surface area contributed by atoms with Crippen molar-refractivity contribution >= 4 is 124 Å². The highest BCUT2D eigenvalue weighted by Gasteiger charge is 2.20. The number of para-hydroxylation sites is 1. The SMILES string of the molecule is c1ccc(-c2nc3ccc4sc5ccc(N(c6ccc7c(c6)oc6ccccc67)c6ccc7sc8ccccc8c7c6)cc5c4c3s2)cc1. The zero-order valence-electron chi connectivity index (χ0n) is 25.9. The van der Waals surface area contributed by atoms with E-state index >= 15 is 0 Å². The van der Waals surface area contributed by atoms with Crippen LogP contribution in [0.25, 0.3) is 83.1 Å². The Morgan fingerprint density at radius 1 is 0.449 bits per heavy atom. The summed E-state index contributed by atoms with van der Waals surface area (Å²) < 4.78 is 12.8.